The number of amides is 1. The lowest BCUT2D eigenvalue weighted by molar-refractivity contribution is 0.0827. The van der Waals surface area contributed by atoms with Gasteiger partial charge in [-0.25, -0.2) is 4.98 Å². The number of aryl methyl sites for hydroxylation is 1. The van der Waals surface area contributed by atoms with Crippen LogP contribution in [0, 0.1) is 12.9 Å². The number of pyridine rings is 1. The van der Waals surface area contributed by atoms with Crippen LogP contribution in [0.2, 0.25) is 0 Å². The third-order valence-corrected chi connectivity index (χ3v) is 4.07. The Balaban J connectivity index is 1.99. The first-order chi connectivity index (χ1) is 12.4. The predicted octanol–water partition coefficient (Wildman–Crippen LogP) is 1.95. The number of nitrogens with zero attached hydrogens (tertiary/aromatic N) is 3. The highest BCUT2D eigenvalue weighted by atomic mass is 19.1. The van der Waals surface area contributed by atoms with Gasteiger partial charge in [0.05, 0.1) is 6.54 Å². The summed E-state index contributed by atoms with van der Waals surface area (Å²) in [7, 11) is 3.39. The summed E-state index contributed by atoms with van der Waals surface area (Å²) in [6.07, 6.45) is 1.49. The maximum Gasteiger partial charge on any atom is 0.253 e. The lowest BCUT2D eigenvalue weighted by atomic mass is 9.99. The summed E-state index contributed by atoms with van der Waals surface area (Å²) in [4.78, 5) is 22.0. The fraction of sp³-hybridized carbons (Fsp3) is 0.316. The summed E-state index contributed by atoms with van der Waals surface area (Å²) in [6.45, 7) is 3.89. The van der Waals surface area contributed by atoms with E-state index in [1.165, 1.54) is 11.1 Å². The van der Waals surface area contributed by atoms with Gasteiger partial charge in [-0.1, -0.05) is 0 Å². The van der Waals surface area contributed by atoms with Gasteiger partial charge in [-0.15, -0.1) is 0 Å². The second-order valence-corrected chi connectivity index (χ2v) is 6.48. The number of halogens is 1. The molecule has 6 nitrogen and oxygen atoms in total. The van der Waals surface area contributed by atoms with Crippen molar-refractivity contribution in [3.63, 3.8) is 0 Å². The second kappa shape index (κ2) is 7.51. The molecule has 1 aliphatic heterocycles. The average molecular weight is 355 g/mol. The fourth-order valence-electron chi connectivity index (χ4n) is 2.79. The van der Waals surface area contributed by atoms with Gasteiger partial charge in [0.1, 0.15) is 0 Å². The van der Waals surface area contributed by atoms with E-state index in [1.807, 2.05) is 19.1 Å². The Kier molecular flexibility index (Phi) is 5.16. The van der Waals surface area contributed by atoms with E-state index >= 15 is 0 Å². The molecule has 0 spiro atoms. The Hall–Kier alpha value is -2.96. The van der Waals surface area contributed by atoms with E-state index in [0.29, 0.717) is 23.2 Å². The van der Waals surface area contributed by atoms with Crippen molar-refractivity contribution in [3.05, 3.63) is 53.1 Å². The number of carbonyl (C=O) groups is 1. The van der Waals surface area contributed by atoms with E-state index in [9.17, 15) is 9.18 Å². The Morgan fingerprint density at radius 3 is 2.81 bits per heavy atom. The highest BCUT2D eigenvalue weighted by molar-refractivity contribution is 5.95. The molecule has 3 rings (SSSR count). The molecule has 0 bridgehead atoms. The van der Waals surface area contributed by atoms with Gasteiger partial charge in [0.2, 0.25) is 5.95 Å². The van der Waals surface area contributed by atoms with Crippen molar-refractivity contribution in [2.75, 3.05) is 27.2 Å². The Bertz CT molecular complexity index is 863. The van der Waals surface area contributed by atoms with Gasteiger partial charge >= 0.3 is 0 Å². The standard InChI is InChI=1S/C19H22FN5O/c1-12-6-16(17(20)23-10-12)14-7-13(11-24-19-21-4-5-22-19)8-15(9-14)18(26)25(2)3/h6-10H,4-5,11H2,1-3H3,(H2,21,22,24). The van der Waals surface area contributed by atoms with Gasteiger partial charge < -0.3 is 15.5 Å². The molecule has 0 aliphatic carbocycles. The Labute approximate surface area is 152 Å². The van der Waals surface area contributed by atoms with E-state index in [-0.39, 0.29) is 5.91 Å². The molecular weight excluding hydrogens is 333 g/mol. The number of guanidine groups is 1. The van der Waals surface area contributed by atoms with E-state index in [2.05, 4.69) is 20.6 Å². The van der Waals surface area contributed by atoms with Crippen LogP contribution in [0.25, 0.3) is 11.1 Å². The SMILES string of the molecule is Cc1cnc(F)c(-c2cc(CNC3=NCCN3)cc(C(=O)N(C)C)c2)c1. The van der Waals surface area contributed by atoms with Crippen LogP contribution in [0.3, 0.4) is 0 Å². The molecule has 0 radical (unpaired) electrons. The molecule has 136 valence electrons. The molecule has 2 N–H and O–H groups in total. The van der Waals surface area contributed by atoms with Gasteiger partial charge in [0.25, 0.3) is 5.91 Å². The van der Waals surface area contributed by atoms with E-state index in [1.54, 1.807) is 26.2 Å². The molecule has 26 heavy (non-hydrogen) atoms. The number of hydrogen-bond acceptors (Lipinski definition) is 5. The minimum atomic E-state index is -0.550. The first-order valence-electron chi connectivity index (χ1n) is 8.44. The number of carbonyl (C=O) groups excluding carboxylic acids is 1. The lowest BCUT2D eigenvalue weighted by Gasteiger charge is -2.15. The van der Waals surface area contributed by atoms with Gasteiger partial charge in [-0.05, 0) is 47.9 Å². The molecular formula is C19H22FN5O. The molecule has 7 heteroatoms. The Morgan fingerprint density at radius 1 is 1.31 bits per heavy atom. The van der Waals surface area contributed by atoms with Crippen molar-refractivity contribution in [2.45, 2.75) is 13.5 Å². The van der Waals surface area contributed by atoms with Crippen molar-refractivity contribution >= 4 is 11.9 Å². The molecule has 2 heterocycles. The maximum atomic E-state index is 14.3. The van der Waals surface area contributed by atoms with Crippen LogP contribution in [-0.4, -0.2) is 48.9 Å². The largest absolute Gasteiger partial charge is 0.355 e. The summed E-state index contributed by atoms with van der Waals surface area (Å²) >= 11 is 0. The summed E-state index contributed by atoms with van der Waals surface area (Å²) in [6, 6.07) is 7.13. The predicted molar refractivity (Wildman–Crippen MR) is 99.5 cm³/mol. The van der Waals surface area contributed by atoms with Gasteiger partial charge in [-0.2, -0.15) is 4.39 Å². The summed E-state index contributed by atoms with van der Waals surface area (Å²) in [5.74, 6) is 0.0514. The number of rotatable bonds is 4. The van der Waals surface area contributed by atoms with Crippen LogP contribution in [-0.2, 0) is 6.54 Å². The normalized spacial score (nSPS) is 13.2. The molecule has 2 aromatic rings. The van der Waals surface area contributed by atoms with Crippen LogP contribution >= 0.6 is 0 Å². The quantitative estimate of drug-likeness (QED) is 0.823. The van der Waals surface area contributed by atoms with Crippen LogP contribution in [0.1, 0.15) is 21.5 Å². The number of hydrogen-bond donors (Lipinski definition) is 2. The van der Waals surface area contributed by atoms with E-state index < -0.39 is 5.95 Å². The van der Waals surface area contributed by atoms with Gasteiger partial charge in [0.15, 0.2) is 5.96 Å². The molecule has 1 amide bonds. The third kappa shape index (κ3) is 3.99. The topological polar surface area (TPSA) is 69.6 Å². The Morgan fingerprint density at radius 2 is 2.12 bits per heavy atom. The van der Waals surface area contributed by atoms with Crippen LogP contribution in [0.5, 0.6) is 0 Å². The van der Waals surface area contributed by atoms with Gasteiger partial charge in [0, 0.05) is 44.5 Å². The maximum absolute atomic E-state index is 14.3. The third-order valence-electron chi connectivity index (χ3n) is 4.07. The zero-order chi connectivity index (χ0) is 18.7. The minimum absolute atomic E-state index is 0.134. The summed E-state index contributed by atoms with van der Waals surface area (Å²) < 4.78 is 14.3. The number of benzene rings is 1. The van der Waals surface area contributed by atoms with Gasteiger partial charge in [-0.3, -0.25) is 9.79 Å². The molecule has 1 aromatic carbocycles. The molecule has 0 saturated heterocycles. The summed E-state index contributed by atoms with van der Waals surface area (Å²) in [5.41, 5.74) is 3.24. The van der Waals surface area contributed by atoms with Crippen LogP contribution in [0.15, 0.2) is 35.5 Å². The molecule has 0 unspecified atom stereocenters. The van der Waals surface area contributed by atoms with E-state index in [4.69, 9.17) is 0 Å². The zero-order valence-electron chi connectivity index (χ0n) is 15.1. The first kappa shape index (κ1) is 17.8. The lowest BCUT2D eigenvalue weighted by Crippen LogP contribution is -2.33. The zero-order valence-corrected chi connectivity index (χ0v) is 15.1. The van der Waals surface area contributed by atoms with E-state index in [0.717, 1.165) is 30.2 Å². The van der Waals surface area contributed by atoms with Crippen molar-refractivity contribution in [1.82, 2.24) is 20.5 Å². The fourth-order valence-corrected chi connectivity index (χ4v) is 2.79. The number of aromatic nitrogens is 1. The molecule has 0 saturated carbocycles. The van der Waals surface area contributed by atoms with Crippen molar-refractivity contribution in [3.8, 4) is 11.1 Å². The highest BCUT2D eigenvalue weighted by Gasteiger charge is 2.15. The number of aliphatic imine (C=N–C) groups is 1. The minimum Gasteiger partial charge on any atom is -0.355 e. The van der Waals surface area contributed by atoms with Crippen LogP contribution in [0.4, 0.5) is 4.39 Å². The highest BCUT2D eigenvalue weighted by Crippen LogP contribution is 2.26. The monoisotopic (exact) mass is 355 g/mol. The molecule has 0 atom stereocenters. The average Bonchev–Trinajstić information content (AvgIpc) is 3.14. The van der Waals surface area contributed by atoms with Crippen LogP contribution < -0.4 is 10.6 Å². The van der Waals surface area contributed by atoms with Crippen molar-refractivity contribution in [2.24, 2.45) is 4.99 Å². The van der Waals surface area contributed by atoms with Crippen molar-refractivity contribution in [1.29, 1.82) is 0 Å². The number of nitrogens with one attached hydrogen (secondary N) is 2. The van der Waals surface area contributed by atoms with Crippen molar-refractivity contribution < 1.29 is 9.18 Å². The first-order valence-corrected chi connectivity index (χ1v) is 8.44. The molecule has 0 fully saturated rings. The second-order valence-electron chi connectivity index (χ2n) is 6.48. The summed E-state index contributed by atoms with van der Waals surface area (Å²) in [5, 5.41) is 6.34. The molecule has 1 aromatic heterocycles. The molecule has 1 aliphatic rings. The smallest absolute Gasteiger partial charge is 0.253 e.